The molecule has 4 rings (SSSR count). The number of rotatable bonds is 4. The van der Waals surface area contributed by atoms with Gasteiger partial charge in [-0.3, -0.25) is 0 Å². The van der Waals surface area contributed by atoms with Crippen LogP contribution < -0.4 is 0 Å². The van der Waals surface area contributed by atoms with E-state index in [9.17, 15) is 0 Å². The molecular formula is C24H22S. The average molecular weight is 343 g/mol. The third-order valence-corrected chi connectivity index (χ3v) is 6.31. The molecule has 0 N–H and O–H groups in total. The third-order valence-electron chi connectivity index (χ3n) is 5.01. The molecule has 0 nitrogen and oxygen atoms in total. The summed E-state index contributed by atoms with van der Waals surface area (Å²) >= 11 is 1.98. The Bertz CT molecular complexity index is 824. The van der Waals surface area contributed by atoms with Gasteiger partial charge in [-0.25, -0.2) is 0 Å². The Kier molecular flexibility index (Phi) is 4.76. The molecule has 0 spiro atoms. The van der Waals surface area contributed by atoms with Gasteiger partial charge in [0.05, 0.1) is 0 Å². The fourth-order valence-electron chi connectivity index (χ4n) is 3.73. The zero-order valence-electron chi connectivity index (χ0n) is 14.2. The fourth-order valence-corrected chi connectivity index (χ4v) is 5.06. The minimum Gasteiger partial charge on any atom is -0.122 e. The molecule has 0 unspecified atom stereocenters. The SMILES string of the molecule is C1=C[C@H](c2ccccc2)C[C@@](Cc2ccccc2)(c2ccccc2)S1. The Morgan fingerprint density at radius 1 is 0.760 bits per heavy atom. The highest BCUT2D eigenvalue weighted by Crippen LogP contribution is 2.50. The summed E-state index contributed by atoms with van der Waals surface area (Å²) in [6, 6.07) is 32.8. The van der Waals surface area contributed by atoms with Gasteiger partial charge in [-0.05, 0) is 34.9 Å². The van der Waals surface area contributed by atoms with Gasteiger partial charge in [0.25, 0.3) is 0 Å². The molecule has 0 radical (unpaired) electrons. The number of hydrogen-bond donors (Lipinski definition) is 0. The van der Waals surface area contributed by atoms with E-state index in [1.165, 1.54) is 16.7 Å². The molecule has 0 amide bonds. The van der Waals surface area contributed by atoms with E-state index in [0.29, 0.717) is 5.92 Å². The summed E-state index contributed by atoms with van der Waals surface area (Å²) in [5, 5.41) is 2.32. The molecule has 0 aromatic heterocycles. The molecule has 0 fully saturated rings. The summed E-state index contributed by atoms with van der Waals surface area (Å²) in [6.07, 6.45) is 4.54. The molecule has 124 valence electrons. The second-order valence-corrected chi connectivity index (χ2v) is 7.98. The maximum atomic E-state index is 2.37. The lowest BCUT2D eigenvalue weighted by Gasteiger charge is -2.38. The summed E-state index contributed by atoms with van der Waals surface area (Å²) in [5.74, 6) is 0.464. The Hall–Kier alpha value is -2.25. The van der Waals surface area contributed by atoms with Crippen LogP contribution in [-0.2, 0) is 11.2 Å². The monoisotopic (exact) mass is 342 g/mol. The molecule has 25 heavy (non-hydrogen) atoms. The van der Waals surface area contributed by atoms with Crippen molar-refractivity contribution in [3.05, 3.63) is 119 Å². The number of allylic oxidation sites excluding steroid dienone is 1. The van der Waals surface area contributed by atoms with Crippen LogP contribution in [0.25, 0.3) is 0 Å². The maximum Gasteiger partial charge on any atom is 0.0498 e. The molecule has 3 aromatic carbocycles. The van der Waals surface area contributed by atoms with E-state index in [4.69, 9.17) is 0 Å². The first kappa shape index (κ1) is 16.2. The first-order chi connectivity index (χ1) is 12.4. The number of thioether (sulfide) groups is 1. The molecule has 1 aliphatic rings. The molecule has 1 aliphatic heterocycles. The van der Waals surface area contributed by atoms with Gasteiger partial charge < -0.3 is 0 Å². The first-order valence-corrected chi connectivity index (χ1v) is 9.73. The van der Waals surface area contributed by atoms with E-state index in [1.54, 1.807) is 0 Å². The van der Waals surface area contributed by atoms with Crippen LogP contribution in [0.15, 0.2) is 102 Å². The molecule has 1 heteroatoms. The molecule has 1 heterocycles. The number of hydrogen-bond acceptors (Lipinski definition) is 1. The van der Waals surface area contributed by atoms with Crippen molar-refractivity contribution in [3.63, 3.8) is 0 Å². The van der Waals surface area contributed by atoms with Crippen LogP contribution in [0.1, 0.15) is 29.0 Å². The summed E-state index contributed by atoms with van der Waals surface area (Å²) in [4.78, 5) is 0. The van der Waals surface area contributed by atoms with Crippen molar-refractivity contribution in [2.75, 3.05) is 0 Å². The Morgan fingerprint density at radius 2 is 1.36 bits per heavy atom. The predicted molar refractivity (Wildman–Crippen MR) is 109 cm³/mol. The lowest BCUT2D eigenvalue weighted by Crippen LogP contribution is -2.28. The summed E-state index contributed by atoms with van der Waals surface area (Å²) in [6.45, 7) is 0. The van der Waals surface area contributed by atoms with Crippen molar-refractivity contribution in [1.29, 1.82) is 0 Å². The van der Waals surface area contributed by atoms with Gasteiger partial charge in [-0.2, -0.15) is 0 Å². The van der Waals surface area contributed by atoms with Crippen molar-refractivity contribution < 1.29 is 0 Å². The Morgan fingerprint density at radius 3 is 2.04 bits per heavy atom. The Balaban J connectivity index is 1.72. The van der Waals surface area contributed by atoms with Crippen molar-refractivity contribution in [1.82, 2.24) is 0 Å². The van der Waals surface area contributed by atoms with Crippen LogP contribution in [0.2, 0.25) is 0 Å². The minimum absolute atomic E-state index is 0.0812. The lowest BCUT2D eigenvalue weighted by atomic mass is 9.80. The van der Waals surface area contributed by atoms with Crippen molar-refractivity contribution in [2.45, 2.75) is 23.5 Å². The predicted octanol–water partition coefficient (Wildman–Crippen LogP) is 6.56. The van der Waals surface area contributed by atoms with Crippen LogP contribution in [0.5, 0.6) is 0 Å². The Labute approximate surface area is 154 Å². The van der Waals surface area contributed by atoms with E-state index < -0.39 is 0 Å². The highest BCUT2D eigenvalue weighted by atomic mass is 32.2. The van der Waals surface area contributed by atoms with Crippen molar-refractivity contribution >= 4 is 11.8 Å². The molecular weight excluding hydrogens is 320 g/mol. The van der Waals surface area contributed by atoms with Crippen LogP contribution in [0.4, 0.5) is 0 Å². The van der Waals surface area contributed by atoms with E-state index in [1.807, 2.05) is 11.8 Å². The van der Waals surface area contributed by atoms with Crippen LogP contribution in [-0.4, -0.2) is 0 Å². The second kappa shape index (κ2) is 7.33. The highest BCUT2D eigenvalue weighted by Gasteiger charge is 2.37. The van der Waals surface area contributed by atoms with Gasteiger partial charge in [0.2, 0.25) is 0 Å². The fraction of sp³-hybridized carbons (Fsp3) is 0.167. The zero-order valence-corrected chi connectivity index (χ0v) is 15.0. The largest absolute Gasteiger partial charge is 0.122 e. The standard InChI is InChI=1S/C24H22S/c1-4-10-20(11-5-1)18-24(23-14-8-3-9-15-23)19-22(16-17-25-24)21-12-6-2-7-13-21/h1-17,22H,18-19H2/t22-,24-/m0/s1. The molecule has 3 aromatic rings. The summed E-state index contributed by atoms with van der Waals surface area (Å²) in [5.41, 5.74) is 4.24. The van der Waals surface area contributed by atoms with E-state index >= 15 is 0 Å². The lowest BCUT2D eigenvalue weighted by molar-refractivity contribution is 0.529. The van der Waals surface area contributed by atoms with Gasteiger partial charge in [-0.1, -0.05) is 97.1 Å². The van der Waals surface area contributed by atoms with Gasteiger partial charge in [0.15, 0.2) is 0 Å². The quantitative estimate of drug-likeness (QED) is 0.517. The molecule has 0 saturated heterocycles. The van der Waals surface area contributed by atoms with Crippen LogP contribution >= 0.6 is 11.8 Å². The van der Waals surface area contributed by atoms with Crippen molar-refractivity contribution in [2.24, 2.45) is 0 Å². The topological polar surface area (TPSA) is 0 Å². The molecule has 2 atom stereocenters. The zero-order chi connectivity index (χ0) is 17.0. The smallest absolute Gasteiger partial charge is 0.0498 e. The molecule has 0 bridgehead atoms. The minimum atomic E-state index is 0.0812. The van der Waals surface area contributed by atoms with Gasteiger partial charge in [0.1, 0.15) is 0 Å². The highest BCUT2D eigenvalue weighted by molar-refractivity contribution is 8.03. The average Bonchev–Trinajstić information content (AvgIpc) is 2.70. The van der Waals surface area contributed by atoms with Gasteiger partial charge >= 0.3 is 0 Å². The van der Waals surface area contributed by atoms with Crippen LogP contribution in [0, 0.1) is 0 Å². The van der Waals surface area contributed by atoms with Crippen molar-refractivity contribution in [3.8, 4) is 0 Å². The van der Waals surface area contributed by atoms with Gasteiger partial charge in [0, 0.05) is 10.7 Å². The normalized spacial score (nSPS) is 22.6. The van der Waals surface area contributed by atoms with E-state index in [-0.39, 0.29) is 4.75 Å². The van der Waals surface area contributed by atoms with E-state index in [0.717, 1.165) is 12.8 Å². The second-order valence-electron chi connectivity index (χ2n) is 6.69. The summed E-state index contributed by atoms with van der Waals surface area (Å²) in [7, 11) is 0. The summed E-state index contributed by atoms with van der Waals surface area (Å²) < 4.78 is 0.0812. The van der Waals surface area contributed by atoms with Gasteiger partial charge in [-0.15, -0.1) is 11.8 Å². The third kappa shape index (κ3) is 3.57. The molecule has 0 aliphatic carbocycles. The number of benzene rings is 3. The maximum absolute atomic E-state index is 2.37. The van der Waals surface area contributed by atoms with Crippen LogP contribution in [0.3, 0.4) is 0 Å². The van der Waals surface area contributed by atoms with E-state index in [2.05, 4.69) is 102 Å². The molecule has 0 saturated carbocycles. The first-order valence-electron chi connectivity index (χ1n) is 8.85.